The van der Waals surface area contributed by atoms with Crippen LogP contribution in [0, 0.1) is 0 Å². The molecule has 9 heteroatoms. The molecule has 1 aliphatic rings. The third kappa shape index (κ3) is 3.24. The zero-order valence-electron chi connectivity index (χ0n) is 11.9. The van der Waals surface area contributed by atoms with Crippen LogP contribution in [0.2, 0.25) is 0 Å². The van der Waals surface area contributed by atoms with E-state index in [1.165, 1.54) is 27.5 Å². The molecule has 0 bridgehead atoms. The molecule has 0 atom stereocenters. The lowest BCUT2D eigenvalue weighted by Gasteiger charge is -2.35. The van der Waals surface area contributed by atoms with Crippen LogP contribution in [-0.2, 0) is 10.0 Å². The van der Waals surface area contributed by atoms with Crippen molar-refractivity contribution in [3.63, 3.8) is 0 Å². The van der Waals surface area contributed by atoms with Crippen molar-refractivity contribution in [1.29, 1.82) is 0 Å². The van der Waals surface area contributed by atoms with Crippen molar-refractivity contribution in [3.8, 4) is 0 Å². The van der Waals surface area contributed by atoms with Gasteiger partial charge >= 0.3 is 6.03 Å². The number of piperazine rings is 1. The molecule has 21 heavy (non-hydrogen) atoms. The number of amides is 2. The van der Waals surface area contributed by atoms with Gasteiger partial charge in [0.1, 0.15) is 0 Å². The summed E-state index contributed by atoms with van der Waals surface area (Å²) in [6, 6.07) is 2.33. The second-order valence-corrected chi connectivity index (χ2v) is 6.89. The fourth-order valence-corrected chi connectivity index (χ4v) is 3.50. The lowest BCUT2D eigenvalue weighted by molar-refractivity contribution is 0.149. The highest BCUT2D eigenvalue weighted by Gasteiger charge is 2.30. The van der Waals surface area contributed by atoms with E-state index in [9.17, 15) is 18.0 Å². The van der Waals surface area contributed by atoms with E-state index in [1.54, 1.807) is 19.0 Å². The Balaban J connectivity index is 2.09. The fraction of sp³-hybridized carbons (Fsp3) is 0.500. The van der Waals surface area contributed by atoms with Crippen LogP contribution < -0.4 is 5.56 Å². The number of aromatic nitrogens is 1. The summed E-state index contributed by atoms with van der Waals surface area (Å²) in [6.45, 7) is 1.17. The highest BCUT2D eigenvalue weighted by Crippen LogP contribution is 2.16. The lowest BCUT2D eigenvalue weighted by atomic mass is 10.4. The first-order valence-corrected chi connectivity index (χ1v) is 7.91. The summed E-state index contributed by atoms with van der Waals surface area (Å²) in [5.41, 5.74) is -0.352. The molecule has 0 radical (unpaired) electrons. The Morgan fingerprint density at radius 2 is 1.81 bits per heavy atom. The topological polar surface area (TPSA) is 93.8 Å². The van der Waals surface area contributed by atoms with Gasteiger partial charge in [0, 0.05) is 52.5 Å². The zero-order chi connectivity index (χ0) is 15.6. The minimum absolute atomic E-state index is 0.0505. The first-order valence-electron chi connectivity index (χ1n) is 6.47. The summed E-state index contributed by atoms with van der Waals surface area (Å²) in [6.07, 6.45) is 1.19. The minimum atomic E-state index is -3.64. The van der Waals surface area contributed by atoms with Gasteiger partial charge in [-0.2, -0.15) is 4.31 Å². The summed E-state index contributed by atoms with van der Waals surface area (Å²) >= 11 is 0. The number of carbonyl (C=O) groups is 1. The van der Waals surface area contributed by atoms with Crippen molar-refractivity contribution in [2.75, 3.05) is 40.3 Å². The number of nitrogens with one attached hydrogen (secondary N) is 1. The normalized spacial score (nSPS) is 16.8. The van der Waals surface area contributed by atoms with Crippen LogP contribution in [0.4, 0.5) is 4.79 Å². The van der Waals surface area contributed by atoms with E-state index >= 15 is 0 Å². The van der Waals surface area contributed by atoms with E-state index in [0.29, 0.717) is 13.1 Å². The van der Waals surface area contributed by atoms with Crippen LogP contribution >= 0.6 is 0 Å². The second-order valence-electron chi connectivity index (χ2n) is 4.96. The van der Waals surface area contributed by atoms with E-state index in [-0.39, 0.29) is 29.6 Å². The number of aromatic amines is 1. The Hall–Kier alpha value is -1.87. The molecule has 0 aromatic carbocycles. The predicted octanol–water partition coefficient (Wildman–Crippen LogP) is -0.637. The minimum Gasteiger partial charge on any atom is -0.331 e. The van der Waals surface area contributed by atoms with E-state index in [2.05, 4.69) is 4.98 Å². The summed E-state index contributed by atoms with van der Waals surface area (Å²) < 4.78 is 26.1. The number of urea groups is 1. The Bertz CT molecular complexity index is 654. The number of H-pyrrole nitrogens is 1. The Morgan fingerprint density at radius 1 is 1.19 bits per heavy atom. The van der Waals surface area contributed by atoms with Crippen molar-refractivity contribution >= 4 is 16.1 Å². The molecule has 1 aromatic rings. The number of carbonyl (C=O) groups excluding carboxylic acids is 1. The molecule has 1 aromatic heterocycles. The van der Waals surface area contributed by atoms with E-state index in [4.69, 9.17) is 0 Å². The molecule has 2 heterocycles. The molecule has 116 valence electrons. The molecule has 1 saturated heterocycles. The average Bonchev–Trinajstić information content (AvgIpc) is 2.47. The summed E-state index contributed by atoms with van der Waals surface area (Å²) in [7, 11) is -0.320. The van der Waals surface area contributed by atoms with Gasteiger partial charge in [-0.3, -0.25) is 4.79 Å². The molecule has 0 spiro atoms. The van der Waals surface area contributed by atoms with E-state index in [0.717, 1.165) is 0 Å². The SMILES string of the molecule is CN(C)C(=O)N1CCN(S(=O)(=O)c2ccc(=O)[nH]c2)CC1. The van der Waals surface area contributed by atoms with E-state index < -0.39 is 10.0 Å². The van der Waals surface area contributed by atoms with Gasteiger partial charge in [0.2, 0.25) is 15.6 Å². The van der Waals surface area contributed by atoms with Gasteiger partial charge in [-0.15, -0.1) is 0 Å². The van der Waals surface area contributed by atoms with Crippen LogP contribution in [0.1, 0.15) is 0 Å². The number of rotatable bonds is 2. The molecule has 0 unspecified atom stereocenters. The summed E-state index contributed by atoms with van der Waals surface area (Å²) in [4.78, 5) is 28.3. The number of pyridine rings is 1. The monoisotopic (exact) mass is 314 g/mol. The summed E-state index contributed by atoms with van der Waals surface area (Å²) in [5, 5.41) is 0. The standard InChI is InChI=1S/C12H18N4O4S/c1-14(2)12(18)15-5-7-16(8-6-15)21(19,20)10-3-4-11(17)13-9-10/h3-4,9H,5-8H2,1-2H3,(H,13,17). The van der Waals surface area contributed by atoms with Crippen LogP contribution in [0.25, 0.3) is 0 Å². The van der Waals surface area contributed by atoms with Gasteiger partial charge in [-0.1, -0.05) is 0 Å². The summed E-state index contributed by atoms with van der Waals surface area (Å²) in [5.74, 6) is 0. The quantitative estimate of drug-likeness (QED) is 0.786. The van der Waals surface area contributed by atoms with Gasteiger partial charge in [-0.25, -0.2) is 13.2 Å². The zero-order valence-corrected chi connectivity index (χ0v) is 12.8. The van der Waals surface area contributed by atoms with Crippen molar-refractivity contribution in [3.05, 3.63) is 28.7 Å². The maximum absolute atomic E-state index is 12.4. The molecular formula is C12H18N4O4S. The highest BCUT2D eigenvalue weighted by molar-refractivity contribution is 7.89. The maximum atomic E-state index is 12.4. The van der Waals surface area contributed by atoms with Gasteiger partial charge in [0.15, 0.2) is 0 Å². The molecule has 0 saturated carbocycles. The molecule has 0 aliphatic carbocycles. The third-order valence-electron chi connectivity index (χ3n) is 3.29. The highest BCUT2D eigenvalue weighted by atomic mass is 32.2. The van der Waals surface area contributed by atoms with Crippen LogP contribution in [0.15, 0.2) is 28.0 Å². The Morgan fingerprint density at radius 3 is 2.29 bits per heavy atom. The fourth-order valence-electron chi connectivity index (χ4n) is 2.11. The third-order valence-corrected chi connectivity index (χ3v) is 5.18. The predicted molar refractivity (Wildman–Crippen MR) is 76.5 cm³/mol. The first-order chi connectivity index (χ1) is 9.82. The lowest BCUT2D eigenvalue weighted by Crippen LogP contribution is -2.52. The van der Waals surface area contributed by atoms with Gasteiger partial charge in [0.05, 0.1) is 4.90 Å². The van der Waals surface area contributed by atoms with Gasteiger partial charge < -0.3 is 14.8 Å². The first kappa shape index (κ1) is 15.5. The van der Waals surface area contributed by atoms with Crippen molar-refractivity contribution < 1.29 is 13.2 Å². The molecule has 1 N–H and O–H groups in total. The number of hydrogen-bond acceptors (Lipinski definition) is 4. The van der Waals surface area contributed by atoms with Crippen molar-refractivity contribution in [2.24, 2.45) is 0 Å². The van der Waals surface area contributed by atoms with Crippen LogP contribution in [0.3, 0.4) is 0 Å². The molecular weight excluding hydrogens is 296 g/mol. The number of sulfonamides is 1. The molecule has 2 amide bonds. The Labute approximate surface area is 123 Å². The number of nitrogens with zero attached hydrogens (tertiary/aromatic N) is 3. The Kier molecular flexibility index (Phi) is 4.33. The van der Waals surface area contributed by atoms with Gasteiger partial charge in [-0.05, 0) is 6.07 Å². The van der Waals surface area contributed by atoms with Crippen molar-refractivity contribution in [1.82, 2.24) is 19.1 Å². The molecule has 8 nitrogen and oxygen atoms in total. The number of hydrogen-bond donors (Lipinski definition) is 1. The molecule has 1 aliphatic heterocycles. The molecule has 1 fully saturated rings. The second kappa shape index (κ2) is 5.86. The van der Waals surface area contributed by atoms with Gasteiger partial charge in [0.25, 0.3) is 0 Å². The van der Waals surface area contributed by atoms with Crippen LogP contribution in [0.5, 0.6) is 0 Å². The maximum Gasteiger partial charge on any atom is 0.319 e. The van der Waals surface area contributed by atoms with Crippen molar-refractivity contribution in [2.45, 2.75) is 4.90 Å². The van der Waals surface area contributed by atoms with E-state index in [1.807, 2.05) is 0 Å². The average molecular weight is 314 g/mol. The smallest absolute Gasteiger partial charge is 0.319 e. The largest absolute Gasteiger partial charge is 0.331 e. The molecule has 2 rings (SSSR count). The van der Waals surface area contributed by atoms with Crippen LogP contribution in [-0.4, -0.2) is 73.8 Å².